The number of piperidine rings is 1. The Morgan fingerprint density at radius 2 is 1.71 bits per heavy atom. The fraction of sp³-hybridized carbons (Fsp3) is 0.577. The van der Waals surface area contributed by atoms with E-state index in [0.717, 1.165) is 89.5 Å². The van der Waals surface area contributed by atoms with Gasteiger partial charge in [0.15, 0.2) is 5.11 Å². The molecule has 4 heterocycles. The van der Waals surface area contributed by atoms with Crippen LogP contribution in [0.25, 0.3) is 0 Å². The SMILES string of the molecule is CC1CCN(c2cc(N3CCc4ccccc4C3)nc(NC(=S)NCCN3CCOCC3)n2)CC1. The molecule has 0 radical (unpaired) electrons. The highest BCUT2D eigenvalue weighted by molar-refractivity contribution is 7.80. The molecule has 8 nitrogen and oxygen atoms in total. The normalized spacial score (nSPS) is 19.3. The molecule has 0 atom stereocenters. The van der Waals surface area contributed by atoms with E-state index in [2.05, 4.69) is 62.6 Å². The molecule has 9 heteroatoms. The van der Waals surface area contributed by atoms with Gasteiger partial charge in [-0.05, 0) is 48.5 Å². The number of nitrogens with one attached hydrogen (secondary N) is 2. The van der Waals surface area contributed by atoms with Crippen molar-refractivity contribution in [3.8, 4) is 0 Å². The van der Waals surface area contributed by atoms with Gasteiger partial charge in [-0.25, -0.2) is 0 Å². The van der Waals surface area contributed by atoms with E-state index >= 15 is 0 Å². The Bertz CT molecular complexity index is 1000. The Balaban J connectivity index is 1.28. The smallest absolute Gasteiger partial charge is 0.232 e. The number of nitrogens with zero attached hydrogens (tertiary/aromatic N) is 5. The molecule has 3 aliphatic heterocycles. The van der Waals surface area contributed by atoms with E-state index in [1.54, 1.807) is 0 Å². The van der Waals surface area contributed by atoms with E-state index in [1.807, 2.05) is 0 Å². The van der Waals surface area contributed by atoms with Crippen LogP contribution >= 0.6 is 12.2 Å². The second kappa shape index (κ2) is 11.5. The quantitative estimate of drug-likeness (QED) is 0.589. The molecule has 2 N–H and O–H groups in total. The summed E-state index contributed by atoms with van der Waals surface area (Å²) in [6.45, 7) is 11.5. The summed E-state index contributed by atoms with van der Waals surface area (Å²) >= 11 is 5.60. The number of benzene rings is 1. The number of thiocarbonyl (C=S) groups is 1. The third-order valence-corrected chi connectivity index (χ3v) is 7.55. The van der Waals surface area contributed by atoms with Crippen molar-refractivity contribution >= 4 is 34.9 Å². The minimum atomic E-state index is 0.567. The summed E-state index contributed by atoms with van der Waals surface area (Å²) in [5.41, 5.74) is 2.81. The lowest BCUT2D eigenvalue weighted by atomic mass is 9.99. The summed E-state index contributed by atoms with van der Waals surface area (Å²) in [5.74, 6) is 3.28. The van der Waals surface area contributed by atoms with E-state index in [9.17, 15) is 0 Å². The van der Waals surface area contributed by atoms with Gasteiger partial charge in [-0.3, -0.25) is 4.90 Å². The third kappa shape index (κ3) is 6.39. The number of hydrogen-bond acceptors (Lipinski definition) is 7. The van der Waals surface area contributed by atoms with Crippen LogP contribution in [0.5, 0.6) is 0 Å². The van der Waals surface area contributed by atoms with Crippen LogP contribution in [0.4, 0.5) is 17.6 Å². The van der Waals surface area contributed by atoms with Crippen LogP contribution in [0, 0.1) is 5.92 Å². The molecule has 2 saturated heterocycles. The van der Waals surface area contributed by atoms with E-state index in [-0.39, 0.29) is 0 Å². The number of hydrogen-bond donors (Lipinski definition) is 2. The van der Waals surface area contributed by atoms with E-state index in [4.69, 9.17) is 26.9 Å². The zero-order valence-electron chi connectivity index (χ0n) is 20.7. The first-order valence-electron chi connectivity index (χ1n) is 12.9. The number of aromatic nitrogens is 2. The Hall–Kier alpha value is -2.49. The predicted molar refractivity (Wildman–Crippen MR) is 145 cm³/mol. The molecule has 2 aromatic rings. The predicted octanol–water partition coefficient (Wildman–Crippen LogP) is 2.89. The van der Waals surface area contributed by atoms with Crippen LogP contribution in [-0.4, -0.2) is 79.0 Å². The van der Waals surface area contributed by atoms with Gasteiger partial charge in [-0.2, -0.15) is 9.97 Å². The average Bonchev–Trinajstić information content (AvgIpc) is 2.89. The van der Waals surface area contributed by atoms with Crippen molar-refractivity contribution in [2.75, 3.05) is 74.1 Å². The molecule has 0 unspecified atom stereocenters. The molecule has 0 aliphatic carbocycles. The Kier molecular flexibility index (Phi) is 7.95. The maximum atomic E-state index is 5.60. The van der Waals surface area contributed by atoms with Crippen LogP contribution in [0.2, 0.25) is 0 Å². The lowest BCUT2D eigenvalue weighted by molar-refractivity contribution is 0.0389. The second-order valence-corrected chi connectivity index (χ2v) is 10.3. The molecular weight excluding hydrogens is 458 g/mol. The summed E-state index contributed by atoms with van der Waals surface area (Å²) in [6, 6.07) is 10.9. The minimum Gasteiger partial charge on any atom is -0.379 e. The van der Waals surface area contributed by atoms with Gasteiger partial charge in [0.2, 0.25) is 5.95 Å². The number of fused-ring (bicyclic) bond motifs is 1. The minimum absolute atomic E-state index is 0.567. The Labute approximate surface area is 214 Å². The summed E-state index contributed by atoms with van der Waals surface area (Å²) in [4.78, 5) is 16.9. The maximum Gasteiger partial charge on any atom is 0.232 e. The van der Waals surface area contributed by atoms with Crippen LogP contribution in [0.15, 0.2) is 30.3 Å². The molecule has 0 spiro atoms. The topological polar surface area (TPSA) is 68.8 Å². The Morgan fingerprint density at radius 3 is 2.49 bits per heavy atom. The van der Waals surface area contributed by atoms with Crippen LogP contribution in [0.3, 0.4) is 0 Å². The first-order chi connectivity index (χ1) is 17.1. The lowest BCUT2D eigenvalue weighted by Crippen LogP contribution is -2.42. The number of ether oxygens (including phenoxy) is 1. The summed E-state index contributed by atoms with van der Waals surface area (Å²) in [7, 11) is 0. The van der Waals surface area contributed by atoms with Crippen molar-refractivity contribution in [1.82, 2.24) is 20.2 Å². The van der Waals surface area contributed by atoms with Crippen LogP contribution in [0.1, 0.15) is 30.9 Å². The molecule has 0 saturated carbocycles. The van der Waals surface area contributed by atoms with Gasteiger partial charge in [-0.15, -0.1) is 0 Å². The van der Waals surface area contributed by atoms with Gasteiger partial charge in [-0.1, -0.05) is 31.2 Å². The Morgan fingerprint density at radius 1 is 1.00 bits per heavy atom. The van der Waals surface area contributed by atoms with Gasteiger partial charge < -0.3 is 25.2 Å². The molecule has 0 bridgehead atoms. The van der Waals surface area contributed by atoms with Gasteiger partial charge in [0, 0.05) is 58.4 Å². The molecule has 1 aromatic carbocycles. The van der Waals surface area contributed by atoms with Crippen molar-refractivity contribution in [2.24, 2.45) is 5.92 Å². The van der Waals surface area contributed by atoms with Crippen LogP contribution in [-0.2, 0) is 17.7 Å². The molecular formula is C26H37N7OS. The van der Waals surface area contributed by atoms with Crippen molar-refractivity contribution < 1.29 is 4.74 Å². The van der Waals surface area contributed by atoms with E-state index in [1.165, 1.54) is 24.0 Å². The molecule has 188 valence electrons. The van der Waals surface area contributed by atoms with Crippen molar-refractivity contribution in [1.29, 1.82) is 0 Å². The summed E-state index contributed by atoms with van der Waals surface area (Å²) in [6.07, 6.45) is 3.42. The highest BCUT2D eigenvalue weighted by Crippen LogP contribution is 2.28. The first kappa shape index (κ1) is 24.2. The van der Waals surface area contributed by atoms with Gasteiger partial charge in [0.1, 0.15) is 11.6 Å². The number of rotatable bonds is 6. The maximum absolute atomic E-state index is 5.60. The summed E-state index contributed by atoms with van der Waals surface area (Å²) < 4.78 is 5.43. The van der Waals surface area contributed by atoms with Crippen molar-refractivity contribution in [3.05, 3.63) is 41.5 Å². The highest BCUT2D eigenvalue weighted by atomic mass is 32.1. The molecule has 0 amide bonds. The number of anilines is 3. The average molecular weight is 496 g/mol. The van der Waals surface area contributed by atoms with E-state index in [0.29, 0.717) is 11.1 Å². The van der Waals surface area contributed by atoms with Gasteiger partial charge in [0.25, 0.3) is 0 Å². The highest BCUT2D eigenvalue weighted by Gasteiger charge is 2.22. The van der Waals surface area contributed by atoms with Gasteiger partial charge in [0.05, 0.1) is 13.2 Å². The largest absolute Gasteiger partial charge is 0.379 e. The van der Waals surface area contributed by atoms with Gasteiger partial charge >= 0.3 is 0 Å². The first-order valence-corrected chi connectivity index (χ1v) is 13.4. The monoisotopic (exact) mass is 495 g/mol. The standard InChI is InChI=1S/C26H37N7OS/c1-20-6-10-32(11-7-20)23-18-24(33-12-8-21-4-2-3-5-22(21)19-33)29-25(28-23)30-26(35)27-9-13-31-14-16-34-17-15-31/h2-5,18,20H,6-17,19H2,1H3,(H2,27,28,29,30,35). The fourth-order valence-corrected chi connectivity index (χ4v) is 5.22. The third-order valence-electron chi connectivity index (χ3n) is 7.30. The molecule has 2 fully saturated rings. The van der Waals surface area contributed by atoms with Crippen molar-refractivity contribution in [2.45, 2.75) is 32.7 Å². The summed E-state index contributed by atoms with van der Waals surface area (Å²) in [5, 5.41) is 7.16. The van der Waals surface area contributed by atoms with Crippen molar-refractivity contribution in [3.63, 3.8) is 0 Å². The fourth-order valence-electron chi connectivity index (χ4n) is 5.03. The molecule has 1 aromatic heterocycles. The zero-order valence-corrected chi connectivity index (χ0v) is 21.5. The lowest BCUT2D eigenvalue weighted by Gasteiger charge is -2.33. The zero-order chi connectivity index (χ0) is 24.0. The molecule has 5 rings (SSSR count). The van der Waals surface area contributed by atoms with Crippen LogP contribution < -0.4 is 20.4 Å². The molecule has 35 heavy (non-hydrogen) atoms. The number of morpholine rings is 1. The molecule has 3 aliphatic rings. The second-order valence-electron chi connectivity index (χ2n) is 9.85. The van der Waals surface area contributed by atoms with E-state index < -0.39 is 0 Å².